The highest BCUT2D eigenvalue weighted by Gasteiger charge is 2.43. The molecule has 9 nitrogen and oxygen atoms in total. The molecule has 10 heteroatoms. The number of hydrogen-bond acceptors (Lipinski definition) is 7. The summed E-state index contributed by atoms with van der Waals surface area (Å²) in [5.74, 6) is -2.70. The van der Waals surface area contributed by atoms with Crippen molar-refractivity contribution in [3.63, 3.8) is 0 Å². The van der Waals surface area contributed by atoms with Gasteiger partial charge in [0.1, 0.15) is 6.04 Å². The quantitative estimate of drug-likeness (QED) is 0.400. The number of fused-ring (bicyclic) bond motifs is 1. The molecule has 4 rings (SSSR count). The van der Waals surface area contributed by atoms with Crippen LogP contribution in [0.4, 0.5) is 0 Å². The first-order valence-electron chi connectivity index (χ1n) is 11.4. The third-order valence-corrected chi connectivity index (χ3v) is 8.08. The van der Waals surface area contributed by atoms with Crippen molar-refractivity contribution in [2.45, 2.75) is 31.8 Å². The maximum Gasteiger partial charge on any atom is 0.330 e. The Morgan fingerprint density at radius 2 is 1.63 bits per heavy atom. The van der Waals surface area contributed by atoms with E-state index in [-0.39, 0.29) is 35.6 Å². The van der Waals surface area contributed by atoms with Crippen molar-refractivity contribution in [2.75, 3.05) is 24.7 Å². The molecule has 0 bridgehead atoms. The number of sulfone groups is 1. The van der Waals surface area contributed by atoms with Gasteiger partial charge in [0, 0.05) is 19.0 Å². The molecule has 0 saturated carbocycles. The van der Waals surface area contributed by atoms with Gasteiger partial charge in [-0.3, -0.25) is 19.3 Å². The lowest BCUT2D eigenvalue weighted by Crippen LogP contribution is -2.48. The normalized spacial score (nSPS) is 19.3. The van der Waals surface area contributed by atoms with Gasteiger partial charge in [-0.1, -0.05) is 42.5 Å². The van der Waals surface area contributed by atoms with Crippen LogP contribution in [0.15, 0.2) is 54.6 Å². The summed E-state index contributed by atoms with van der Waals surface area (Å²) in [5, 5.41) is 0. The van der Waals surface area contributed by atoms with Gasteiger partial charge in [-0.2, -0.15) is 0 Å². The maximum atomic E-state index is 13.2. The summed E-state index contributed by atoms with van der Waals surface area (Å²) in [5.41, 5.74) is 1.13. The lowest BCUT2D eigenvalue weighted by molar-refractivity contribution is -0.155. The van der Waals surface area contributed by atoms with Crippen molar-refractivity contribution in [3.05, 3.63) is 71.3 Å². The summed E-state index contributed by atoms with van der Waals surface area (Å²) in [6, 6.07) is 13.5. The number of carbonyl (C=O) groups excluding carboxylic acids is 4. The fraction of sp³-hybridized carbons (Fsp3) is 0.360. The van der Waals surface area contributed by atoms with Gasteiger partial charge in [0.25, 0.3) is 17.7 Å². The van der Waals surface area contributed by atoms with Gasteiger partial charge >= 0.3 is 5.97 Å². The highest BCUT2D eigenvalue weighted by Crippen LogP contribution is 2.26. The van der Waals surface area contributed by atoms with E-state index in [0.29, 0.717) is 12.0 Å². The number of esters is 1. The minimum absolute atomic E-state index is 0.0140. The lowest BCUT2D eigenvalue weighted by atomic mass is 10.0. The van der Waals surface area contributed by atoms with Crippen LogP contribution in [0.2, 0.25) is 0 Å². The van der Waals surface area contributed by atoms with Crippen LogP contribution in [0.1, 0.15) is 39.6 Å². The minimum atomic E-state index is -3.20. The predicted molar refractivity (Wildman–Crippen MR) is 126 cm³/mol. The Morgan fingerprint density at radius 1 is 1.03 bits per heavy atom. The number of nitrogens with zero attached hydrogens (tertiary/aromatic N) is 2. The summed E-state index contributed by atoms with van der Waals surface area (Å²) in [4.78, 5) is 54.3. The van der Waals surface area contributed by atoms with E-state index < -0.39 is 52.2 Å². The van der Waals surface area contributed by atoms with Crippen molar-refractivity contribution >= 4 is 33.5 Å². The molecule has 184 valence electrons. The number of rotatable bonds is 8. The Bertz CT molecular complexity index is 1220. The predicted octanol–water partition coefficient (Wildman–Crippen LogP) is 1.47. The lowest BCUT2D eigenvalue weighted by Gasteiger charge is -2.28. The summed E-state index contributed by atoms with van der Waals surface area (Å²) < 4.78 is 29.0. The van der Waals surface area contributed by atoms with Crippen LogP contribution in [0, 0.1) is 0 Å². The summed E-state index contributed by atoms with van der Waals surface area (Å²) in [6.07, 6.45) is 0.360. The minimum Gasteiger partial charge on any atom is -0.454 e. The van der Waals surface area contributed by atoms with Crippen molar-refractivity contribution in [3.8, 4) is 0 Å². The number of imide groups is 1. The number of ether oxygens (including phenoxy) is 1. The molecule has 0 aliphatic carbocycles. The fourth-order valence-corrected chi connectivity index (χ4v) is 6.31. The van der Waals surface area contributed by atoms with Gasteiger partial charge in [0.05, 0.1) is 22.6 Å². The van der Waals surface area contributed by atoms with Crippen LogP contribution < -0.4 is 0 Å². The van der Waals surface area contributed by atoms with E-state index in [0.717, 1.165) is 4.90 Å². The Balaban J connectivity index is 1.52. The molecule has 0 aromatic heterocycles. The van der Waals surface area contributed by atoms with E-state index in [4.69, 9.17) is 4.74 Å². The van der Waals surface area contributed by atoms with Gasteiger partial charge in [-0.05, 0) is 31.0 Å². The van der Waals surface area contributed by atoms with Crippen molar-refractivity contribution < 1.29 is 32.3 Å². The topological polar surface area (TPSA) is 118 Å². The first-order valence-corrected chi connectivity index (χ1v) is 13.2. The molecule has 0 N–H and O–H groups in total. The van der Waals surface area contributed by atoms with Crippen LogP contribution in [-0.4, -0.2) is 78.6 Å². The van der Waals surface area contributed by atoms with E-state index in [2.05, 4.69) is 0 Å². The molecule has 2 aliphatic heterocycles. The molecular weight excluding hydrogens is 472 g/mol. The summed E-state index contributed by atoms with van der Waals surface area (Å²) >= 11 is 0. The van der Waals surface area contributed by atoms with Crippen molar-refractivity contribution in [1.82, 2.24) is 9.80 Å². The molecular formula is C25H26N2O7S. The SMILES string of the molecule is CCN(C(=O)COC(=O)[C@H](Cc1ccccc1)N1C(=O)c2ccccc2C1=O)[C@@H]1CCS(=O)(=O)C1. The number of carbonyl (C=O) groups is 4. The van der Waals surface area contributed by atoms with Gasteiger partial charge in [0.15, 0.2) is 16.4 Å². The Hall–Kier alpha value is -3.53. The van der Waals surface area contributed by atoms with Crippen LogP contribution >= 0.6 is 0 Å². The van der Waals surface area contributed by atoms with E-state index in [9.17, 15) is 27.6 Å². The van der Waals surface area contributed by atoms with Gasteiger partial charge in [-0.15, -0.1) is 0 Å². The molecule has 3 amide bonds. The molecule has 2 atom stereocenters. The first-order chi connectivity index (χ1) is 16.7. The third kappa shape index (κ3) is 5.12. The van der Waals surface area contributed by atoms with E-state index in [1.807, 2.05) is 0 Å². The standard InChI is InChI=1S/C25H26N2O7S/c1-2-26(18-12-13-35(32,33)16-18)22(28)15-34-25(31)21(14-17-8-4-3-5-9-17)27-23(29)19-10-6-7-11-20(19)24(27)30/h3-11,18,21H,2,12-16H2,1H3/t18-,21+/m1/s1. The third-order valence-electron chi connectivity index (χ3n) is 6.33. The molecule has 1 fully saturated rings. The Kier molecular flexibility index (Phi) is 7.02. The summed E-state index contributed by atoms with van der Waals surface area (Å²) in [7, 11) is -3.20. The summed E-state index contributed by atoms with van der Waals surface area (Å²) in [6.45, 7) is 1.38. The van der Waals surface area contributed by atoms with E-state index >= 15 is 0 Å². The van der Waals surface area contributed by atoms with Crippen LogP contribution in [0.3, 0.4) is 0 Å². The molecule has 35 heavy (non-hydrogen) atoms. The molecule has 0 spiro atoms. The average Bonchev–Trinajstić information content (AvgIpc) is 3.33. The zero-order chi connectivity index (χ0) is 25.2. The maximum absolute atomic E-state index is 13.2. The molecule has 2 heterocycles. The van der Waals surface area contributed by atoms with E-state index in [1.165, 1.54) is 17.0 Å². The van der Waals surface area contributed by atoms with Crippen LogP contribution in [0.25, 0.3) is 0 Å². The molecule has 0 radical (unpaired) electrons. The molecule has 1 saturated heterocycles. The van der Waals surface area contributed by atoms with Crippen molar-refractivity contribution in [1.29, 1.82) is 0 Å². The number of benzene rings is 2. The Morgan fingerprint density at radius 3 is 2.17 bits per heavy atom. The number of hydrogen-bond donors (Lipinski definition) is 0. The average molecular weight is 499 g/mol. The number of amides is 3. The second kappa shape index (κ2) is 9.99. The molecule has 2 aliphatic rings. The second-order valence-corrected chi connectivity index (χ2v) is 10.8. The van der Waals surface area contributed by atoms with Crippen LogP contribution in [0.5, 0.6) is 0 Å². The Labute approximate surface area is 203 Å². The number of likely N-dealkylation sites (N-methyl/N-ethyl adjacent to an activating group) is 1. The highest BCUT2D eigenvalue weighted by molar-refractivity contribution is 7.91. The van der Waals surface area contributed by atoms with Gasteiger partial charge in [-0.25, -0.2) is 13.2 Å². The fourth-order valence-electron chi connectivity index (χ4n) is 4.58. The zero-order valence-electron chi connectivity index (χ0n) is 19.3. The smallest absolute Gasteiger partial charge is 0.330 e. The van der Waals surface area contributed by atoms with Gasteiger partial charge < -0.3 is 9.64 Å². The van der Waals surface area contributed by atoms with Gasteiger partial charge in [0.2, 0.25) is 0 Å². The van der Waals surface area contributed by atoms with E-state index in [1.54, 1.807) is 49.4 Å². The second-order valence-electron chi connectivity index (χ2n) is 8.58. The molecule has 2 aromatic rings. The first kappa shape index (κ1) is 24.6. The molecule has 2 aromatic carbocycles. The monoisotopic (exact) mass is 498 g/mol. The largest absolute Gasteiger partial charge is 0.454 e. The zero-order valence-corrected chi connectivity index (χ0v) is 20.1. The molecule has 0 unspecified atom stereocenters. The highest BCUT2D eigenvalue weighted by atomic mass is 32.2. The van der Waals surface area contributed by atoms with Crippen LogP contribution in [-0.2, 0) is 30.6 Å². The van der Waals surface area contributed by atoms with Crippen molar-refractivity contribution in [2.24, 2.45) is 0 Å².